The van der Waals surface area contributed by atoms with Crippen LogP contribution in [-0.4, -0.2) is 54.0 Å². The summed E-state index contributed by atoms with van der Waals surface area (Å²) < 4.78 is 10.7. The van der Waals surface area contributed by atoms with Gasteiger partial charge in [-0.2, -0.15) is 9.59 Å². The Morgan fingerprint density at radius 3 is 1.74 bits per heavy atom. The van der Waals surface area contributed by atoms with Gasteiger partial charge in [-0.15, -0.1) is 0 Å². The first-order valence-electron chi connectivity index (χ1n) is 11.6. The first kappa shape index (κ1) is 33.7. The molecule has 0 rings (SSSR count). The van der Waals surface area contributed by atoms with Crippen molar-refractivity contribution in [2.75, 3.05) is 6.54 Å². The van der Waals surface area contributed by atoms with E-state index >= 15 is 0 Å². The highest BCUT2D eigenvalue weighted by atomic mass is 16.6. The number of nitrogens with two attached hydrogens (primary N) is 1. The molecule has 0 aliphatic carbocycles. The lowest BCUT2D eigenvalue weighted by atomic mass is 9.84. The average molecular weight is 488 g/mol. The van der Waals surface area contributed by atoms with Crippen LogP contribution >= 0.6 is 0 Å². The van der Waals surface area contributed by atoms with E-state index < -0.39 is 35.2 Å². The SMILES string of the molecule is CC(C)(C)OC(=O)CC[C@H](NC(=O)N[C@@H](CCCCN)C(C)(C)C)C(=O)OC(C)(C)C.O=C=O. The van der Waals surface area contributed by atoms with Crippen molar-refractivity contribution in [3.05, 3.63) is 0 Å². The van der Waals surface area contributed by atoms with E-state index in [2.05, 4.69) is 10.6 Å². The van der Waals surface area contributed by atoms with Crippen LogP contribution in [0.25, 0.3) is 0 Å². The van der Waals surface area contributed by atoms with Gasteiger partial charge in [-0.25, -0.2) is 9.59 Å². The van der Waals surface area contributed by atoms with Crippen molar-refractivity contribution < 1.29 is 33.4 Å². The fourth-order valence-electron chi connectivity index (χ4n) is 2.85. The number of esters is 2. The van der Waals surface area contributed by atoms with Crippen molar-refractivity contribution in [2.24, 2.45) is 11.1 Å². The van der Waals surface area contributed by atoms with E-state index in [1.165, 1.54) is 0 Å². The Kier molecular flexibility index (Phi) is 15.3. The van der Waals surface area contributed by atoms with Gasteiger partial charge in [0.1, 0.15) is 17.2 Å². The third-order valence-corrected chi connectivity index (χ3v) is 4.35. The van der Waals surface area contributed by atoms with Gasteiger partial charge in [0, 0.05) is 12.5 Å². The minimum Gasteiger partial charge on any atom is -0.460 e. The molecule has 10 heteroatoms. The topological polar surface area (TPSA) is 154 Å². The van der Waals surface area contributed by atoms with E-state index in [0.29, 0.717) is 6.54 Å². The van der Waals surface area contributed by atoms with Crippen molar-refractivity contribution >= 4 is 24.1 Å². The molecular weight excluding hydrogens is 442 g/mol. The summed E-state index contributed by atoms with van der Waals surface area (Å²) in [4.78, 5) is 53.7. The van der Waals surface area contributed by atoms with Crippen LogP contribution in [0.5, 0.6) is 0 Å². The molecule has 0 spiro atoms. The smallest absolute Gasteiger partial charge is 0.373 e. The van der Waals surface area contributed by atoms with E-state index in [4.69, 9.17) is 24.8 Å². The number of hydrogen-bond donors (Lipinski definition) is 3. The second kappa shape index (κ2) is 15.5. The largest absolute Gasteiger partial charge is 0.460 e. The van der Waals surface area contributed by atoms with Crippen LogP contribution < -0.4 is 16.4 Å². The zero-order valence-corrected chi connectivity index (χ0v) is 22.3. The Morgan fingerprint density at radius 1 is 0.824 bits per heavy atom. The lowest BCUT2D eigenvalue weighted by molar-refractivity contribution is -0.191. The maximum Gasteiger partial charge on any atom is 0.373 e. The molecule has 0 aromatic carbocycles. The molecule has 0 bridgehead atoms. The van der Waals surface area contributed by atoms with Crippen LogP contribution in [0.4, 0.5) is 4.79 Å². The van der Waals surface area contributed by atoms with Gasteiger partial charge in [0.25, 0.3) is 0 Å². The second-order valence-corrected chi connectivity index (χ2v) is 11.1. The molecule has 0 aliphatic heterocycles. The monoisotopic (exact) mass is 487 g/mol. The highest BCUT2D eigenvalue weighted by molar-refractivity contribution is 5.84. The van der Waals surface area contributed by atoms with Crippen molar-refractivity contribution in [1.29, 1.82) is 0 Å². The van der Waals surface area contributed by atoms with Crippen molar-refractivity contribution in [2.45, 2.75) is 118 Å². The first-order chi connectivity index (χ1) is 15.4. The van der Waals surface area contributed by atoms with Crippen molar-refractivity contribution in [1.82, 2.24) is 10.6 Å². The number of amides is 2. The van der Waals surface area contributed by atoms with Gasteiger partial charge >= 0.3 is 24.1 Å². The summed E-state index contributed by atoms with van der Waals surface area (Å²) >= 11 is 0. The van der Waals surface area contributed by atoms with Gasteiger partial charge in [-0.05, 0) is 72.8 Å². The van der Waals surface area contributed by atoms with Crippen LogP contribution in [0, 0.1) is 5.41 Å². The third kappa shape index (κ3) is 19.1. The Hall–Kier alpha value is -2.45. The number of nitrogens with one attached hydrogen (secondary N) is 2. The van der Waals surface area contributed by atoms with E-state index in [-0.39, 0.29) is 30.4 Å². The summed E-state index contributed by atoms with van der Waals surface area (Å²) in [6.45, 7) is 17.3. The van der Waals surface area contributed by atoms with E-state index in [1.807, 2.05) is 20.8 Å². The number of carbonyl (C=O) groups excluding carboxylic acids is 5. The number of hydrogen-bond acceptors (Lipinski definition) is 8. The zero-order chi connectivity index (χ0) is 27.2. The predicted octanol–water partition coefficient (Wildman–Crippen LogP) is 3.08. The number of rotatable bonds is 10. The van der Waals surface area contributed by atoms with Crippen LogP contribution in [0.15, 0.2) is 0 Å². The standard InChI is InChI=1S/C23H45N3O5.CO2/c1-21(2,3)17(12-10-11-15-24)26-20(29)25-16(19(28)31-23(7,8)9)13-14-18(27)30-22(4,5)6;2-1-3/h16-17H,10-15,24H2,1-9H3,(H2,25,26,29);/t16-,17-;/m0./s1. The Morgan fingerprint density at radius 2 is 1.32 bits per heavy atom. The van der Waals surface area contributed by atoms with E-state index in [9.17, 15) is 14.4 Å². The van der Waals surface area contributed by atoms with Crippen LogP contribution in [0.1, 0.15) is 94.4 Å². The first-order valence-corrected chi connectivity index (χ1v) is 11.6. The van der Waals surface area contributed by atoms with Crippen molar-refractivity contribution in [3.8, 4) is 0 Å². The van der Waals surface area contributed by atoms with E-state index in [0.717, 1.165) is 19.3 Å². The van der Waals surface area contributed by atoms with E-state index in [1.54, 1.807) is 41.5 Å². The molecule has 34 heavy (non-hydrogen) atoms. The van der Waals surface area contributed by atoms with Crippen LogP contribution in [0.3, 0.4) is 0 Å². The lowest BCUT2D eigenvalue weighted by Crippen LogP contribution is -2.53. The molecule has 4 N–H and O–H groups in total. The summed E-state index contributed by atoms with van der Waals surface area (Å²) in [6, 6.07) is -1.52. The molecule has 0 aliphatic rings. The molecular formula is C24H45N3O7. The number of ether oxygens (including phenoxy) is 2. The zero-order valence-electron chi connectivity index (χ0n) is 22.3. The normalized spacial score (nSPS) is 13.4. The molecule has 0 aromatic heterocycles. The molecule has 2 atom stereocenters. The third-order valence-electron chi connectivity index (χ3n) is 4.35. The summed E-state index contributed by atoms with van der Waals surface area (Å²) in [5, 5.41) is 5.67. The number of urea groups is 1. The Bertz CT molecular complexity index is 668. The quantitative estimate of drug-likeness (QED) is 0.314. The molecule has 0 saturated carbocycles. The highest BCUT2D eigenvalue weighted by Gasteiger charge is 2.31. The minimum atomic E-state index is -0.962. The molecule has 0 aromatic rings. The molecule has 0 radical (unpaired) electrons. The average Bonchev–Trinajstić information content (AvgIpc) is 2.61. The number of unbranched alkanes of at least 4 members (excludes halogenated alkanes) is 1. The minimum absolute atomic E-state index is 0.0132. The molecule has 0 heterocycles. The molecule has 198 valence electrons. The van der Waals surface area contributed by atoms with Gasteiger partial charge in [-0.3, -0.25) is 4.79 Å². The Labute approximate surface area is 204 Å². The molecule has 0 unspecified atom stereocenters. The summed E-state index contributed by atoms with van der Waals surface area (Å²) in [5.74, 6) is -1.01. The summed E-state index contributed by atoms with van der Waals surface area (Å²) in [7, 11) is 0. The fourth-order valence-corrected chi connectivity index (χ4v) is 2.85. The van der Waals surface area contributed by atoms with Crippen molar-refractivity contribution in [3.63, 3.8) is 0 Å². The lowest BCUT2D eigenvalue weighted by Gasteiger charge is -2.32. The molecule has 0 fully saturated rings. The fraction of sp³-hybridized carbons (Fsp3) is 0.833. The van der Waals surface area contributed by atoms with Gasteiger partial charge in [0.2, 0.25) is 0 Å². The second-order valence-electron chi connectivity index (χ2n) is 11.1. The maximum absolute atomic E-state index is 12.7. The highest BCUT2D eigenvalue weighted by Crippen LogP contribution is 2.23. The van der Waals surface area contributed by atoms with Gasteiger partial charge in [0.05, 0.1) is 0 Å². The van der Waals surface area contributed by atoms with Gasteiger partial charge in [0.15, 0.2) is 0 Å². The maximum atomic E-state index is 12.7. The summed E-state index contributed by atoms with van der Waals surface area (Å²) in [6.07, 6.45) is 2.88. The molecule has 10 nitrogen and oxygen atoms in total. The molecule has 0 saturated heterocycles. The van der Waals surface area contributed by atoms with Gasteiger partial charge < -0.3 is 25.8 Å². The number of carbonyl (C=O) groups is 3. The predicted molar refractivity (Wildman–Crippen MR) is 128 cm³/mol. The summed E-state index contributed by atoms with van der Waals surface area (Å²) in [5.41, 5.74) is 4.09. The Balaban J connectivity index is 0. The van der Waals surface area contributed by atoms with Crippen LogP contribution in [0.2, 0.25) is 0 Å². The molecule has 2 amide bonds. The van der Waals surface area contributed by atoms with Crippen LogP contribution in [-0.2, 0) is 28.7 Å². The van der Waals surface area contributed by atoms with Gasteiger partial charge in [-0.1, -0.05) is 27.2 Å².